The Morgan fingerprint density at radius 3 is 2.74 bits per heavy atom. The van der Waals surface area contributed by atoms with E-state index in [2.05, 4.69) is 47.0 Å². The second kappa shape index (κ2) is 5.43. The molecule has 19 heavy (non-hydrogen) atoms. The zero-order valence-electron chi connectivity index (χ0n) is 11.1. The molecule has 5 heteroatoms. The van der Waals surface area contributed by atoms with Gasteiger partial charge in [0, 0.05) is 16.6 Å². The lowest BCUT2D eigenvalue weighted by Gasteiger charge is -2.19. The summed E-state index contributed by atoms with van der Waals surface area (Å²) in [6.07, 6.45) is 1.61. The monoisotopic (exact) mass is 326 g/mol. The summed E-state index contributed by atoms with van der Waals surface area (Å²) in [5.74, 6) is 0.189. The number of halogens is 2. The molecule has 0 aliphatic heterocycles. The van der Waals surface area contributed by atoms with Crippen molar-refractivity contribution in [1.82, 2.24) is 10.3 Å². The highest BCUT2D eigenvalue weighted by atomic mass is 79.9. The Balaban J connectivity index is 2.16. The number of hydrogen-bond donors (Lipinski definition) is 1. The number of benzene rings is 1. The molecule has 1 aromatic heterocycles. The fourth-order valence-electron chi connectivity index (χ4n) is 1.53. The van der Waals surface area contributed by atoms with Crippen LogP contribution in [0.1, 0.15) is 26.5 Å². The van der Waals surface area contributed by atoms with Crippen molar-refractivity contribution in [2.75, 3.05) is 0 Å². The van der Waals surface area contributed by atoms with Crippen LogP contribution in [-0.4, -0.2) is 10.5 Å². The largest absolute Gasteiger partial charge is 0.444 e. The molecule has 0 saturated heterocycles. The minimum absolute atomic E-state index is 0.0234. The molecule has 0 bridgehead atoms. The van der Waals surface area contributed by atoms with E-state index in [1.807, 2.05) is 0 Å². The molecule has 0 atom stereocenters. The predicted octanol–water partition coefficient (Wildman–Crippen LogP) is 4.13. The topological polar surface area (TPSA) is 38.1 Å². The van der Waals surface area contributed by atoms with Crippen LogP contribution in [-0.2, 0) is 6.54 Å². The van der Waals surface area contributed by atoms with Crippen molar-refractivity contribution in [2.45, 2.75) is 32.9 Å². The SMILES string of the molecule is CC(C)(C)NCc1coc(-c2ccc(F)cc2Br)n1. The molecule has 1 heterocycles. The third kappa shape index (κ3) is 3.88. The third-order valence-electron chi connectivity index (χ3n) is 2.51. The fraction of sp³-hybridized carbons (Fsp3) is 0.357. The molecule has 2 aromatic rings. The summed E-state index contributed by atoms with van der Waals surface area (Å²) in [6, 6.07) is 4.43. The van der Waals surface area contributed by atoms with Crippen LogP contribution in [0.5, 0.6) is 0 Å². The molecule has 3 nitrogen and oxygen atoms in total. The Morgan fingerprint density at radius 1 is 1.37 bits per heavy atom. The van der Waals surface area contributed by atoms with E-state index in [9.17, 15) is 4.39 Å². The summed E-state index contributed by atoms with van der Waals surface area (Å²) >= 11 is 3.31. The van der Waals surface area contributed by atoms with E-state index >= 15 is 0 Å². The van der Waals surface area contributed by atoms with Crippen LogP contribution in [0.3, 0.4) is 0 Å². The molecular formula is C14H16BrFN2O. The molecule has 0 aliphatic rings. The van der Waals surface area contributed by atoms with E-state index in [0.29, 0.717) is 16.9 Å². The van der Waals surface area contributed by atoms with Gasteiger partial charge in [0.1, 0.15) is 12.1 Å². The van der Waals surface area contributed by atoms with Gasteiger partial charge in [-0.25, -0.2) is 9.37 Å². The maximum absolute atomic E-state index is 13.0. The lowest BCUT2D eigenvalue weighted by molar-refractivity contribution is 0.421. The summed E-state index contributed by atoms with van der Waals surface area (Å²) in [6.45, 7) is 6.89. The maximum atomic E-state index is 13.0. The molecule has 0 unspecified atom stereocenters. The van der Waals surface area contributed by atoms with Crippen molar-refractivity contribution in [3.8, 4) is 11.5 Å². The lowest BCUT2D eigenvalue weighted by Crippen LogP contribution is -2.35. The van der Waals surface area contributed by atoms with Crippen LogP contribution in [0.25, 0.3) is 11.5 Å². The normalized spacial score (nSPS) is 11.8. The highest BCUT2D eigenvalue weighted by molar-refractivity contribution is 9.10. The Labute approximate surface area is 120 Å². The van der Waals surface area contributed by atoms with Gasteiger partial charge in [-0.05, 0) is 54.9 Å². The van der Waals surface area contributed by atoms with E-state index in [4.69, 9.17) is 4.42 Å². The van der Waals surface area contributed by atoms with E-state index < -0.39 is 0 Å². The van der Waals surface area contributed by atoms with Gasteiger partial charge in [0.25, 0.3) is 0 Å². The molecule has 102 valence electrons. The zero-order valence-corrected chi connectivity index (χ0v) is 12.7. The highest BCUT2D eigenvalue weighted by Crippen LogP contribution is 2.28. The highest BCUT2D eigenvalue weighted by Gasteiger charge is 2.13. The minimum atomic E-state index is -0.295. The molecule has 0 aliphatic carbocycles. The van der Waals surface area contributed by atoms with Gasteiger partial charge in [0.2, 0.25) is 5.89 Å². The number of aromatic nitrogens is 1. The Hall–Kier alpha value is -1.20. The van der Waals surface area contributed by atoms with Crippen LogP contribution in [0.15, 0.2) is 33.4 Å². The summed E-state index contributed by atoms with van der Waals surface area (Å²) in [7, 11) is 0. The molecule has 0 fully saturated rings. The van der Waals surface area contributed by atoms with Crippen molar-refractivity contribution in [3.05, 3.63) is 40.4 Å². The molecule has 0 radical (unpaired) electrons. The number of rotatable bonds is 3. The van der Waals surface area contributed by atoms with Crippen molar-refractivity contribution >= 4 is 15.9 Å². The van der Waals surface area contributed by atoms with Crippen molar-refractivity contribution < 1.29 is 8.81 Å². The number of nitrogens with zero attached hydrogens (tertiary/aromatic N) is 1. The Bertz CT molecular complexity index is 575. The summed E-state index contributed by atoms with van der Waals surface area (Å²) in [4.78, 5) is 4.39. The van der Waals surface area contributed by atoms with Gasteiger partial charge < -0.3 is 9.73 Å². The average Bonchev–Trinajstić information content (AvgIpc) is 2.74. The summed E-state index contributed by atoms with van der Waals surface area (Å²) in [5, 5.41) is 3.33. The smallest absolute Gasteiger partial charge is 0.227 e. The van der Waals surface area contributed by atoms with Crippen LogP contribution < -0.4 is 5.32 Å². The van der Waals surface area contributed by atoms with E-state index in [1.54, 1.807) is 12.3 Å². The summed E-state index contributed by atoms with van der Waals surface area (Å²) < 4.78 is 19.1. The van der Waals surface area contributed by atoms with Gasteiger partial charge in [0.15, 0.2) is 0 Å². The molecule has 2 rings (SSSR count). The van der Waals surface area contributed by atoms with Gasteiger partial charge in [0.05, 0.1) is 11.3 Å². The fourth-order valence-corrected chi connectivity index (χ4v) is 2.05. The first-order chi connectivity index (χ1) is 8.85. The van der Waals surface area contributed by atoms with Gasteiger partial charge >= 0.3 is 0 Å². The van der Waals surface area contributed by atoms with E-state index in [-0.39, 0.29) is 11.4 Å². The molecular weight excluding hydrogens is 311 g/mol. The van der Waals surface area contributed by atoms with Gasteiger partial charge in [-0.1, -0.05) is 0 Å². The van der Waals surface area contributed by atoms with E-state index in [1.165, 1.54) is 12.1 Å². The first-order valence-corrected chi connectivity index (χ1v) is 6.79. The standard InChI is InChI=1S/C14H16BrFN2O/c1-14(2,3)17-7-10-8-19-13(18-10)11-5-4-9(16)6-12(11)15/h4-6,8,17H,7H2,1-3H3. The molecule has 1 aromatic carbocycles. The second-order valence-corrected chi connectivity index (χ2v) is 6.23. The number of oxazole rings is 1. The van der Waals surface area contributed by atoms with Gasteiger partial charge in [-0.3, -0.25) is 0 Å². The van der Waals surface area contributed by atoms with Crippen LogP contribution in [0.4, 0.5) is 4.39 Å². The Morgan fingerprint density at radius 2 is 2.11 bits per heavy atom. The molecule has 1 N–H and O–H groups in total. The van der Waals surface area contributed by atoms with Crippen LogP contribution in [0.2, 0.25) is 0 Å². The van der Waals surface area contributed by atoms with E-state index in [0.717, 1.165) is 11.3 Å². The first-order valence-electron chi connectivity index (χ1n) is 6.00. The van der Waals surface area contributed by atoms with Crippen molar-refractivity contribution in [2.24, 2.45) is 0 Å². The second-order valence-electron chi connectivity index (χ2n) is 5.37. The zero-order chi connectivity index (χ0) is 14.0. The third-order valence-corrected chi connectivity index (χ3v) is 3.17. The summed E-state index contributed by atoms with van der Waals surface area (Å²) in [5.41, 5.74) is 1.58. The quantitative estimate of drug-likeness (QED) is 0.921. The van der Waals surface area contributed by atoms with Crippen LogP contribution >= 0.6 is 15.9 Å². The van der Waals surface area contributed by atoms with Crippen molar-refractivity contribution in [1.29, 1.82) is 0 Å². The molecule has 0 amide bonds. The Kier molecular flexibility index (Phi) is 4.06. The number of nitrogens with one attached hydrogen (secondary N) is 1. The van der Waals surface area contributed by atoms with Crippen LogP contribution in [0, 0.1) is 5.82 Å². The lowest BCUT2D eigenvalue weighted by atomic mass is 10.1. The predicted molar refractivity (Wildman–Crippen MR) is 76.2 cm³/mol. The molecule has 0 saturated carbocycles. The van der Waals surface area contributed by atoms with Crippen molar-refractivity contribution in [3.63, 3.8) is 0 Å². The maximum Gasteiger partial charge on any atom is 0.227 e. The van der Waals surface area contributed by atoms with Gasteiger partial charge in [-0.2, -0.15) is 0 Å². The number of hydrogen-bond acceptors (Lipinski definition) is 3. The average molecular weight is 327 g/mol. The molecule has 0 spiro atoms. The van der Waals surface area contributed by atoms with Gasteiger partial charge in [-0.15, -0.1) is 0 Å². The minimum Gasteiger partial charge on any atom is -0.444 e. The first kappa shape index (κ1) is 14.2.